The first-order valence-corrected chi connectivity index (χ1v) is 5.84. The minimum absolute atomic E-state index is 0.521. The molecule has 2 nitrogen and oxygen atoms in total. The van der Waals surface area contributed by atoms with Crippen molar-refractivity contribution < 1.29 is 4.74 Å². The molecule has 0 bridgehead atoms. The van der Waals surface area contributed by atoms with E-state index in [4.69, 9.17) is 22.1 Å². The summed E-state index contributed by atoms with van der Waals surface area (Å²) in [5, 5.41) is 0.792. The van der Waals surface area contributed by atoms with Gasteiger partial charge in [-0.1, -0.05) is 17.7 Å². The number of rotatable bonds is 3. The molecule has 0 aliphatic heterocycles. The van der Waals surface area contributed by atoms with Crippen LogP contribution in [0.15, 0.2) is 12.1 Å². The monoisotopic (exact) mass is 225 g/mol. The standard InChI is InChI=1S/C12H16ClNO/c13-12-10-4-2-1-3-9(10)5-6-11(12)15-8-7-14/h5-6H,1-4,7-8,14H2. The molecule has 0 heterocycles. The van der Waals surface area contributed by atoms with E-state index in [0.29, 0.717) is 13.2 Å². The van der Waals surface area contributed by atoms with Gasteiger partial charge in [-0.3, -0.25) is 0 Å². The largest absolute Gasteiger partial charge is 0.491 e. The van der Waals surface area contributed by atoms with Crippen LogP contribution in [0.4, 0.5) is 0 Å². The summed E-state index contributed by atoms with van der Waals surface area (Å²) in [6, 6.07) is 4.09. The lowest BCUT2D eigenvalue weighted by atomic mass is 9.91. The van der Waals surface area contributed by atoms with E-state index in [9.17, 15) is 0 Å². The molecule has 82 valence electrons. The maximum absolute atomic E-state index is 6.30. The first-order chi connectivity index (χ1) is 7.33. The lowest BCUT2D eigenvalue weighted by Gasteiger charge is -2.19. The highest BCUT2D eigenvalue weighted by Gasteiger charge is 2.15. The smallest absolute Gasteiger partial charge is 0.138 e. The summed E-state index contributed by atoms with van der Waals surface area (Å²) in [5.74, 6) is 0.780. The maximum atomic E-state index is 6.30. The SMILES string of the molecule is NCCOc1ccc2c(c1Cl)CCCC2. The van der Waals surface area contributed by atoms with Crippen molar-refractivity contribution in [1.29, 1.82) is 0 Å². The van der Waals surface area contributed by atoms with Gasteiger partial charge < -0.3 is 10.5 Å². The Kier molecular flexibility index (Phi) is 3.49. The number of fused-ring (bicyclic) bond motifs is 1. The molecular formula is C12H16ClNO. The predicted molar refractivity (Wildman–Crippen MR) is 62.6 cm³/mol. The molecule has 0 amide bonds. The molecular weight excluding hydrogens is 210 g/mol. The zero-order chi connectivity index (χ0) is 10.7. The highest BCUT2D eigenvalue weighted by Crippen LogP contribution is 2.34. The van der Waals surface area contributed by atoms with Crippen molar-refractivity contribution in [3.8, 4) is 5.75 Å². The lowest BCUT2D eigenvalue weighted by molar-refractivity contribution is 0.328. The van der Waals surface area contributed by atoms with E-state index in [0.717, 1.165) is 23.6 Å². The zero-order valence-electron chi connectivity index (χ0n) is 8.76. The van der Waals surface area contributed by atoms with Crippen LogP contribution < -0.4 is 10.5 Å². The van der Waals surface area contributed by atoms with E-state index in [1.807, 2.05) is 6.07 Å². The quantitative estimate of drug-likeness (QED) is 0.858. The second kappa shape index (κ2) is 4.86. The normalized spacial score (nSPS) is 14.8. The van der Waals surface area contributed by atoms with Crippen molar-refractivity contribution in [3.05, 3.63) is 28.3 Å². The Bertz CT molecular complexity index is 352. The maximum Gasteiger partial charge on any atom is 0.138 e. The average molecular weight is 226 g/mol. The molecule has 0 saturated carbocycles. The Balaban J connectivity index is 2.26. The van der Waals surface area contributed by atoms with E-state index in [1.54, 1.807) is 0 Å². The van der Waals surface area contributed by atoms with Crippen LogP contribution >= 0.6 is 11.6 Å². The Morgan fingerprint density at radius 2 is 2.07 bits per heavy atom. The molecule has 1 aliphatic rings. The summed E-state index contributed by atoms with van der Waals surface area (Å²) in [6.45, 7) is 1.05. The number of aryl methyl sites for hydroxylation is 1. The van der Waals surface area contributed by atoms with Gasteiger partial charge in [0.15, 0.2) is 0 Å². The summed E-state index contributed by atoms with van der Waals surface area (Å²) in [5.41, 5.74) is 8.05. The molecule has 1 aromatic carbocycles. The van der Waals surface area contributed by atoms with Gasteiger partial charge >= 0.3 is 0 Å². The summed E-state index contributed by atoms with van der Waals surface area (Å²) in [7, 11) is 0. The molecule has 0 aromatic heterocycles. The molecule has 0 atom stereocenters. The summed E-state index contributed by atoms with van der Waals surface area (Å²) in [4.78, 5) is 0. The van der Waals surface area contributed by atoms with Crippen LogP contribution in [0.5, 0.6) is 5.75 Å². The molecule has 0 radical (unpaired) electrons. The molecule has 1 aliphatic carbocycles. The van der Waals surface area contributed by atoms with Gasteiger partial charge in [0.05, 0.1) is 5.02 Å². The molecule has 2 rings (SSSR count). The van der Waals surface area contributed by atoms with E-state index < -0.39 is 0 Å². The molecule has 15 heavy (non-hydrogen) atoms. The van der Waals surface area contributed by atoms with Crippen molar-refractivity contribution in [2.24, 2.45) is 5.73 Å². The Morgan fingerprint density at radius 3 is 2.87 bits per heavy atom. The molecule has 1 aromatic rings. The van der Waals surface area contributed by atoms with E-state index in [1.165, 1.54) is 24.0 Å². The second-order valence-corrected chi connectivity index (χ2v) is 4.24. The lowest BCUT2D eigenvalue weighted by Crippen LogP contribution is -2.12. The Hall–Kier alpha value is -0.730. The van der Waals surface area contributed by atoms with Crippen LogP contribution in [-0.2, 0) is 12.8 Å². The molecule has 2 N–H and O–H groups in total. The van der Waals surface area contributed by atoms with Crippen LogP contribution in [0.25, 0.3) is 0 Å². The number of hydrogen-bond acceptors (Lipinski definition) is 2. The molecule has 0 spiro atoms. The molecule has 0 saturated heterocycles. The molecule has 3 heteroatoms. The van der Waals surface area contributed by atoms with Gasteiger partial charge in [-0.05, 0) is 42.9 Å². The van der Waals surface area contributed by atoms with E-state index in [2.05, 4.69) is 6.07 Å². The fraction of sp³-hybridized carbons (Fsp3) is 0.500. The predicted octanol–water partition coefficient (Wildman–Crippen LogP) is 2.56. The van der Waals surface area contributed by atoms with Crippen LogP contribution in [0, 0.1) is 0 Å². The number of nitrogens with two attached hydrogens (primary N) is 1. The zero-order valence-corrected chi connectivity index (χ0v) is 9.52. The fourth-order valence-electron chi connectivity index (χ4n) is 2.04. The summed E-state index contributed by atoms with van der Waals surface area (Å²) in [6.07, 6.45) is 4.72. The minimum atomic E-state index is 0.521. The molecule has 0 fully saturated rings. The number of halogens is 1. The second-order valence-electron chi connectivity index (χ2n) is 3.86. The fourth-order valence-corrected chi connectivity index (χ4v) is 2.38. The van der Waals surface area contributed by atoms with Gasteiger partial charge in [0.25, 0.3) is 0 Å². The van der Waals surface area contributed by atoms with Crippen molar-refractivity contribution in [1.82, 2.24) is 0 Å². The van der Waals surface area contributed by atoms with Crippen molar-refractivity contribution in [3.63, 3.8) is 0 Å². The van der Waals surface area contributed by atoms with Crippen LogP contribution in [0.1, 0.15) is 24.0 Å². The molecule has 0 unspecified atom stereocenters. The number of ether oxygens (including phenoxy) is 1. The highest BCUT2D eigenvalue weighted by atomic mass is 35.5. The third-order valence-corrected chi connectivity index (χ3v) is 3.22. The summed E-state index contributed by atoms with van der Waals surface area (Å²) >= 11 is 6.30. The van der Waals surface area contributed by atoms with Gasteiger partial charge in [0, 0.05) is 6.54 Å². The van der Waals surface area contributed by atoms with Crippen LogP contribution in [0.2, 0.25) is 5.02 Å². The Morgan fingerprint density at radius 1 is 1.27 bits per heavy atom. The third-order valence-electron chi connectivity index (χ3n) is 2.80. The topological polar surface area (TPSA) is 35.2 Å². The van der Waals surface area contributed by atoms with E-state index in [-0.39, 0.29) is 0 Å². The first-order valence-electron chi connectivity index (χ1n) is 5.46. The Labute approximate surface area is 95.4 Å². The van der Waals surface area contributed by atoms with Gasteiger partial charge in [-0.25, -0.2) is 0 Å². The van der Waals surface area contributed by atoms with Crippen molar-refractivity contribution >= 4 is 11.6 Å². The summed E-state index contributed by atoms with van der Waals surface area (Å²) < 4.78 is 5.50. The van der Waals surface area contributed by atoms with Crippen molar-refractivity contribution in [2.45, 2.75) is 25.7 Å². The average Bonchev–Trinajstić information content (AvgIpc) is 2.29. The van der Waals surface area contributed by atoms with Gasteiger partial charge in [-0.2, -0.15) is 0 Å². The van der Waals surface area contributed by atoms with Crippen LogP contribution in [0.3, 0.4) is 0 Å². The van der Waals surface area contributed by atoms with Gasteiger partial charge in [0.2, 0.25) is 0 Å². The first kappa shape index (κ1) is 10.8. The van der Waals surface area contributed by atoms with Crippen molar-refractivity contribution in [2.75, 3.05) is 13.2 Å². The minimum Gasteiger partial charge on any atom is -0.491 e. The third kappa shape index (κ3) is 2.27. The number of benzene rings is 1. The van der Waals surface area contributed by atoms with Gasteiger partial charge in [0.1, 0.15) is 12.4 Å². The highest BCUT2D eigenvalue weighted by molar-refractivity contribution is 6.33. The van der Waals surface area contributed by atoms with Gasteiger partial charge in [-0.15, -0.1) is 0 Å². The number of hydrogen-bond donors (Lipinski definition) is 1. The van der Waals surface area contributed by atoms with E-state index >= 15 is 0 Å². The van der Waals surface area contributed by atoms with Crippen LogP contribution in [-0.4, -0.2) is 13.2 Å².